The van der Waals surface area contributed by atoms with Gasteiger partial charge in [-0.15, -0.1) is 0 Å². The molecule has 90 valence electrons. The van der Waals surface area contributed by atoms with E-state index in [1.54, 1.807) is 12.1 Å². The molecule has 4 nitrogen and oxygen atoms in total. The Balaban J connectivity index is 2.34. The van der Waals surface area contributed by atoms with E-state index in [1.165, 1.54) is 0 Å². The molecule has 1 aromatic rings. The topological polar surface area (TPSA) is 69.7 Å². The molecule has 0 aliphatic rings. The normalized spacial score (nSPS) is 10.9. The van der Waals surface area contributed by atoms with Crippen molar-refractivity contribution in [2.24, 2.45) is 0 Å². The average molecular weight is 224 g/mol. The zero-order valence-electron chi connectivity index (χ0n) is 9.69. The van der Waals surface area contributed by atoms with Crippen molar-refractivity contribution in [3.05, 3.63) is 23.8 Å². The number of nitrogens with two attached hydrogens (primary N) is 1. The Labute approximate surface area is 96.3 Å². The molecule has 16 heavy (non-hydrogen) atoms. The average Bonchev–Trinajstić information content (AvgIpc) is 2.24. The number of phenols is 1. The van der Waals surface area contributed by atoms with Crippen LogP contribution < -0.4 is 5.73 Å². The number of hydrogen-bond acceptors (Lipinski definition) is 4. The maximum atomic E-state index is 9.27. The van der Waals surface area contributed by atoms with Crippen LogP contribution in [0.25, 0.3) is 0 Å². The molecule has 0 bridgehead atoms. The van der Waals surface area contributed by atoms with Gasteiger partial charge in [0.15, 0.2) is 0 Å². The van der Waals surface area contributed by atoms with Gasteiger partial charge in [-0.05, 0) is 44.1 Å². The fourth-order valence-corrected chi connectivity index (χ4v) is 1.60. The zero-order valence-corrected chi connectivity index (χ0v) is 9.69. The summed E-state index contributed by atoms with van der Waals surface area (Å²) in [5, 5.41) is 18.0. The smallest absolute Gasteiger partial charge is 0.138 e. The van der Waals surface area contributed by atoms with Crippen LogP contribution in [0.4, 0.5) is 5.69 Å². The number of anilines is 1. The number of nitrogens with zero attached hydrogens (tertiary/aromatic N) is 1. The quantitative estimate of drug-likeness (QED) is 0.494. The number of phenolic OH excluding ortho intramolecular Hbond substituents is 1. The number of aliphatic hydroxyl groups is 1. The number of hydrogen-bond donors (Lipinski definition) is 3. The molecule has 0 amide bonds. The maximum Gasteiger partial charge on any atom is 0.138 e. The van der Waals surface area contributed by atoms with Gasteiger partial charge in [-0.1, -0.05) is 6.07 Å². The van der Waals surface area contributed by atoms with E-state index in [9.17, 15) is 5.11 Å². The minimum Gasteiger partial charge on any atom is -0.506 e. The Kier molecular flexibility index (Phi) is 5.08. The highest BCUT2D eigenvalue weighted by molar-refractivity contribution is 5.53. The summed E-state index contributed by atoms with van der Waals surface area (Å²) in [6.07, 6.45) is 1.95. The van der Waals surface area contributed by atoms with Gasteiger partial charge in [0, 0.05) is 6.54 Å². The minimum atomic E-state index is 0.140. The van der Waals surface area contributed by atoms with Crippen LogP contribution in [0.2, 0.25) is 0 Å². The molecule has 0 heterocycles. The second-order valence-corrected chi connectivity index (χ2v) is 4.02. The summed E-state index contributed by atoms with van der Waals surface area (Å²) >= 11 is 0. The molecule has 0 fully saturated rings. The lowest BCUT2D eigenvalue weighted by Crippen LogP contribution is -2.23. The lowest BCUT2D eigenvalue weighted by atomic mass is 10.1. The Bertz CT molecular complexity index is 329. The number of rotatable bonds is 6. The fraction of sp³-hybridized carbons (Fsp3) is 0.500. The highest BCUT2D eigenvalue weighted by Gasteiger charge is 2.00. The highest BCUT2D eigenvalue weighted by Crippen LogP contribution is 2.20. The third-order valence-corrected chi connectivity index (χ3v) is 2.58. The third kappa shape index (κ3) is 4.08. The molecule has 0 atom stereocenters. The maximum absolute atomic E-state index is 9.27. The third-order valence-electron chi connectivity index (χ3n) is 2.58. The van der Waals surface area contributed by atoms with Crippen molar-refractivity contribution in [2.75, 3.05) is 32.5 Å². The summed E-state index contributed by atoms with van der Waals surface area (Å²) in [5.74, 6) is 0.140. The van der Waals surface area contributed by atoms with Crippen molar-refractivity contribution in [3.63, 3.8) is 0 Å². The molecule has 4 N–H and O–H groups in total. The van der Waals surface area contributed by atoms with Gasteiger partial charge in [0.05, 0.1) is 12.3 Å². The van der Waals surface area contributed by atoms with Crippen LogP contribution in [-0.4, -0.2) is 41.9 Å². The summed E-state index contributed by atoms with van der Waals surface area (Å²) in [4.78, 5) is 2.09. The predicted octanol–water partition coefficient (Wildman–Crippen LogP) is 0.831. The van der Waals surface area contributed by atoms with Crippen LogP contribution in [0, 0.1) is 0 Å². The molecular weight excluding hydrogens is 204 g/mol. The van der Waals surface area contributed by atoms with Gasteiger partial charge in [0.2, 0.25) is 0 Å². The van der Waals surface area contributed by atoms with Crippen LogP contribution in [0.1, 0.15) is 12.0 Å². The van der Waals surface area contributed by atoms with Crippen LogP contribution >= 0.6 is 0 Å². The van der Waals surface area contributed by atoms with Crippen molar-refractivity contribution < 1.29 is 10.2 Å². The van der Waals surface area contributed by atoms with Crippen molar-refractivity contribution >= 4 is 5.69 Å². The van der Waals surface area contributed by atoms with Gasteiger partial charge in [-0.2, -0.15) is 0 Å². The van der Waals surface area contributed by atoms with Gasteiger partial charge in [-0.25, -0.2) is 0 Å². The molecule has 1 aromatic carbocycles. The SMILES string of the molecule is CN(CCO)CCCc1ccc(O)c(N)c1. The number of aromatic hydroxyl groups is 1. The van der Waals surface area contributed by atoms with E-state index in [2.05, 4.69) is 4.90 Å². The van der Waals surface area contributed by atoms with Gasteiger partial charge in [0.25, 0.3) is 0 Å². The standard InChI is InChI=1S/C12H20N2O2/c1-14(7-8-15)6-2-3-10-4-5-12(16)11(13)9-10/h4-5,9,15-16H,2-3,6-8,13H2,1H3. The van der Waals surface area contributed by atoms with E-state index in [0.29, 0.717) is 12.2 Å². The van der Waals surface area contributed by atoms with Gasteiger partial charge in [-0.3, -0.25) is 0 Å². The van der Waals surface area contributed by atoms with Crippen LogP contribution in [0.3, 0.4) is 0 Å². The van der Waals surface area contributed by atoms with Crippen LogP contribution in [-0.2, 0) is 6.42 Å². The first kappa shape index (κ1) is 12.8. The molecule has 0 aromatic heterocycles. The predicted molar refractivity (Wildman–Crippen MR) is 65.4 cm³/mol. The molecule has 0 unspecified atom stereocenters. The van der Waals surface area contributed by atoms with E-state index in [4.69, 9.17) is 10.8 Å². The Hall–Kier alpha value is -1.26. The van der Waals surface area contributed by atoms with Crippen LogP contribution in [0.5, 0.6) is 5.75 Å². The second-order valence-electron chi connectivity index (χ2n) is 4.02. The second kappa shape index (κ2) is 6.35. The molecule has 4 heteroatoms. The molecule has 0 saturated heterocycles. The zero-order chi connectivity index (χ0) is 12.0. The van der Waals surface area contributed by atoms with Gasteiger partial charge in [0.1, 0.15) is 5.75 Å². The van der Waals surface area contributed by atoms with Gasteiger partial charge < -0.3 is 20.8 Å². The van der Waals surface area contributed by atoms with Crippen LogP contribution in [0.15, 0.2) is 18.2 Å². The molecule has 0 aliphatic carbocycles. The fourth-order valence-electron chi connectivity index (χ4n) is 1.60. The first-order valence-corrected chi connectivity index (χ1v) is 5.50. The Morgan fingerprint density at radius 1 is 1.31 bits per heavy atom. The number of nitrogen functional groups attached to an aromatic ring is 1. The van der Waals surface area contributed by atoms with E-state index >= 15 is 0 Å². The lowest BCUT2D eigenvalue weighted by molar-refractivity contribution is 0.220. The molecule has 0 saturated carbocycles. The Morgan fingerprint density at radius 3 is 2.69 bits per heavy atom. The first-order valence-electron chi connectivity index (χ1n) is 5.50. The number of aliphatic hydroxyl groups excluding tert-OH is 1. The molecule has 0 spiro atoms. The van der Waals surface area contributed by atoms with Crippen molar-refractivity contribution in [1.82, 2.24) is 4.90 Å². The number of likely N-dealkylation sites (N-methyl/N-ethyl adjacent to an activating group) is 1. The lowest BCUT2D eigenvalue weighted by Gasteiger charge is -2.14. The molecule has 0 radical (unpaired) electrons. The minimum absolute atomic E-state index is 0.140. The highest BCUT2D eigenvalue weighted by atomic mass is 16.3. The summed E-state index contributed by atoms with van der Waals surface area (Å²) in [7, 11) is 1.99. The summed E-state index contributed by atoms with van der Waals surface area (Å²) in [6, 6.07) is 5.32. The van der Waals surface area contributed by atoms with Crippen molar-refractivity contribution in [2.45, 2.75) is 12.8 Å². The van der Waals surface area contributed by atoms with E-state index in [1.807, 2.05) is 13.1 Å². The monoisotopic (exact) mass is 224 g/mol. The molecular formula is C12H20N2O2. The Morgan fingerprint density at radius 2 is 2.06 bits per heavy atom. The van der Waals surface area contributed by atoms with Crippen molar-refractivity contribution in [3.8, 4) is 5.75 Å². The molecule has 1 rings (SSSR count). The van der Waals surface area contributed by atoms with E-state index < -0.39 is 0 Å². The van der Waals surface area contributed by atoms with E-state index in [0.717, 1.165) is 24.9 Å². The summed E-state index contributed by atoms with van der Waals surface area (Å²) in [5.41, 5.74) is 7.17. The first-order chi connectivity index (χ1) is 7.63. The van der Waals surface area contributed by atoms with Gasteiger partial charge >= 0.3 is 0 Å². The summed E-state index contributed by atoms with van der Waals surface area (Å²) < 4.78 is 0. The van der Waals surface area contributed by atoms with Crippen molar-refractivity contribution in [1.29, 1.82) is 0 Å². The molecule has 0 aliphatic heterocycles. The van der Waals surface area contributed by atoms with E-state index in [-0.39, 0.29) is 12.4 Å². The number of benzene rings is 1. The number of aryl methyl sites for hydroxylation is 1. The summed E-state index contributed by atoms with van der Waals surface area (Å²) in [6.45, 7) is 1.85. The largest absolute Gasteiger partial charge is 0.506 e.